The van der Waals surface area contributed by atoms with Crippen LogP contribution in [0.5, 0.6) is 0 Å². The molecule has 1 aliphatic rings. The summed E-state index contributed by atoms with van der Waals surface area (Å²) < 4.78 is 8.09. The van der Waals surface area contributed by atoms with Gasteiger partial charge in [0, 0.05) is 11.5 Å². The fourth-order valence-corrected chi connectivity index (χ4v) is 5.26. The number of fused-ring (bicyclic) bond motifs is 1. The Labute approximate surface area is 143 Å². The smallest absolute Gasteiger partial charge is 0.278 e. The summed E-state index contributed by atoms with van der Waals surface area (Å²) in [6.07, 6.45) is 6.66. The van der Waals surface area contributed by atoms with Gasteiger partial charge >= 0.3 is 0 Å². The van der Waals surface area contributed by atoms with Crippen molar-refractivity contribution in [1.82, 2.24) is 19.5 Å². The fourth-order valence-electron chi connectivity index (χ4n) is 2.70. The lowest BCUT2D eigenvalue weighted by atomic mass is 10.1. The minimum absolute atomic E-state index is 0.0875. The van der Waals surface area contributed by atoms with Gasteiger partial charge in [-0.1, -0.05) is 41.9 Å². The Morgan fingerprint density at radius 2 is 2.30 bits per heavy atom. The SMILES string of the molecule is CCCCSSC[C@H]1O[C@@H](n2cnc3c(=O)[nH]cnc32)C[C@H]1C. The number of ether oxygens (including phenoxy) is 1. The van der Waals surface area contributed by atoms with Crippen molar-refractivity contribution in [2.45, 2.75) is 45.4 Å². The summed E-state index contributed by atoms with van der Waals surface area (Å²) in [6.45, 7) is 4.44. The first kappa shape index (κ1) is 16.9. The lowest BCUT2D eigenvalue weighted by molar-refractivity contribution is 0.0104. The molecule has 0 radical (unpaired) electrons. The summed E-state index contributed by atoms with van der Waals surface area (Å²) in [5, 5.41) is 0. The lowest BCUT2D eigenvalue weighted by Crippen LogP contribution is -2.17. The topological polar surface area (TPSA) is 72.8 Å². The van der Waals surface area contributed by atoms with Crippen LogP contribution in [0.25, 0.3) is 11.2 Å². The molecule has 3 rings (SSSR count). The first-order valence-electron chi connectivity index (χ1n) is 8.00. The number of imidazole rings is 1. The second-order valence-corrected chi connectivity index (χ2v) is 8.49. The quantitative estimate of drug-likeness (QED) is 0.608. The molecule has 0 aliphatic carbocycles. The Morgan fingerprint density at radius 1 is 1.43 bits per heavy atom. The van der Waals surface area contributed by atoms with E-state index in [0.29, 0.717) is 17.1 Å². The first-order valence-corrected chi connectivity index (χ1v) is 10.5. The number of hydrogen-bond donors (Lipinski definition) is 1. The van der Waals surface area contributed by atoms with Crippen molar-refractivity contribution in [3.8, 4) is 0 Å². The fraction of sp³-hybridized carbons (Fsp3) is 0.667. The standard InChI is InChI=1S/C15H22N4O2S2/c1-3-4-5-22-23-7-11-10(2)6-12(21-11)19-9-18-13-14(19)16-8-17-15(13)20/h8-12H,3-7H2,1-2H3,(H,16,17,20)/t10-,11-,12-/m1/s1. The molecule has 0 aromatic carbocycles. The second kappa shape index (κ2) is 7.72. The van der Waals surface area contributed by atoms with E-state index in [4.69, 9.17) is 4.74 Å². The van der Waals surface area contributed by atoms with E-state index in [1.807, 2.05) is 26.2 Å². The Morgan fingerprint density at radius 3 is 3.13 bits per heavy atom. The molecule has 0 saturated carbocycles. The molecule has 0 spiro atoms. The van der Waals surface area contributed by atoms with Crippen molar-refractivity contribution in [2.24, 2.45) is 5.92 Å². The van der Waals surface area contributed by atoms with Gasteiger partial charge in [0.15, 0.2) is 11.2 Å². The number of nitrogens with zero attached hydrogens (tertiary/aromatic N) is 3. The number of hydrogen-bond acceptors (Lipinski definition) is 6. The molecule has 1 fully saturated rings. The molecule has 2 aromatic rings. The highest BCUT2D eigenvalue weighted by atomic mass is 33.1. The molecule has 0 unspecified atom stereocenters. The Balaban J connectivity index is 1.63. The van der Waals surface area contributed by atoms with Crippen LogP contribution in [0.4, 0.5) is 0 Å². The number of aromatic amines is 1. The normalized spacial score (nSPS) is 24.5. The van der Waals surface area contributed by atoms with Crippen LogP contribution in [-0.4, -0.2) is 37.1 Å². The number of aromatic nitrogens is 4. The predicted molar refractivity (Wildman–Crippen MR) is 95.7 cm³/mol. The van der Waals surface area contributed by atoms with Crippen LogP contribution in [0.2, 0.25) is 0 Å². The first-order chi connectivity index (χ1) is 11.2. The van der Waals surface area contributed by atoms with E-state index in [1.54, 1.807) is 6.33 Å². The van der Waals surface area contributed by atoms with Crippen LogP contribution < -0.4 is 5.56 Å². The van der Waals surface area contributed by atoms with Gasteiger partial charge in [0.1, 0.15) is 6.23 Å². The number of rotatable bonds is 7. The average Bonchev–Trinajstić information content (AvgIpc) is 3.12. The summed E-state index contributed by atoms with van der Waals surface area (Å²) in [4.78, 5) is 22.7. The predicted octanol–water partition coefficient (Wildman–Crippen LogP) is 3.22. The third-order valence-corrected chi connectivity index (χ3v) is 6.61. The molecule has 1 N–H and O–H groups in total. The molecular weight excluding hydrogens is 332 g/mol. The van der Waals surface area contributed by atoms with Crippen molar-refractivity contribution >= 4 is 32.8 Å². The van der Waals surface area contributed by atoms with Crippen LogP contribution in [0.1, 0.15) is 39.3 Å². The van der Waals surface area contributed by atoms with E-state index >= 15 is 0 Å². The largest absolute Gasteiger partial charge is 0.354 e. The highest BCUT2D eigenvalue weighted by molar-refractivity contribution is 8.76. The third-order valence-electron chi connectivity index (χ3n) is 4.11. The number of H-pyrrole nitrogens is 1. The maximum absolute atomic E-state index is 11.7. The average molecular weight is 355 g/mol. The van der Waals surface area contributed by atoms with Crippen LogP contribution >= 0.6 is 21.6 Å². The zero-order chi connectivity index (χ0) is 16.2. The number of unbranched alkanes of at least 4 members (excludes halogenated alkanes) is 1. The van der Waals surface area contributed by atoms with Crippen LogP contribution in [0.15, 0.2) is 17.4 Å². The molecule has 6 nitrogen and oxygen atoms in total. The van der Waals surface area contributed by atoms with Gasteiger partial charge in [-0.05, 0) is 18.8 Å². The summed E-state index contributed by atoms with van der Waals surface area (Å²) in [7, 11) is 3.83. The highest BCUT2D eigenvalue weighted by Crippen LogP contribution is 2.37. The van der Waals surface area contributed by atoms with Crippen molar-refractivity contribution < 1.29 is 4.74 Å². The Kier molecular flexibility index (Phi) is 5.66. The van der Waals surface area contributed by atoms with Gasteiger partial charge in [0.05, 0.1) is 18.8 Å². The van der Waals surface area contributed by atoms with Gasteiger partial charge in [-0.2, -0.15) is 0 Å². The van der Waals surface area contributed by atoms with E-state index < -0.39 is 0 Å². The van der Waals surface area contributed by atoms with E-state index in [1.165, 1.54) is 24.9 Å². The molecule has 8 heteroatoms. The van der Waals surface area contributed by atoms with Gasteiger partial charge in [-0.3, -0.25) is 9.36 Å². The minimum Gasteiger partial charge on any atom is -0.354 e. The van der Waals surface area contributed by atoms with E-state index in [0.717, 1.165) is 12.2 Å². The van der Waals surface area contributed by atoms with E-state index in [2.05, 4.69) is 28.8 Å². The van der Waals surface area contributed by atoms with E-state index in [9.17, 15) is 4.79 Å². The third kappa shape index (κ3) is 3.75. The van der Waals surface area contributed by atoms with Gasteiger partial charge in [-0.25, -0.2) is 9.97 Å². The van der Waals surface area contributed by atoms with Gasteiger partial charge < -0.3 is 9.72 Å². The van der Waals surface area contributed by atoms with Crippen molar-refractivity contribution in [3.05, 3.63) is 23.0 Å². The maximum Gasteiger partial charge on any atom is 0.278 e. The number of nitrogens with one attached hydrogen (secondary N) is 1. The minimum atomic E-state index is -0.209. The van der Waals surface area contributed by atoms with Gasteiger partial charge in [0.2, 0.25) is 0 Å². The monoisotopic (exact) mass is 354 g/mol. The molecule has 1 aliphatic heterocycles. The van der Waals surface area contributed by atoms with Crippen LogP contribution in [0, 0.1) is 5.92 Å². The molecular formula is C15H22N4O2S2. The second-order valence-electron chi connectivity index (χ2n) is 5.86. The van der Waals surface area contributed by atoms with Crippen molar-refractivity contribution in [1.29, 1.82) is 0 Å². The zero-order valence-corrected chi connectivity index (χ0v) is 15.0. The molecule has 23 heavy (non-hydrogen) atoms. The van der Waals surface area contributed by atoms with Crippen LogP contribution in [-0.2, 0) is 4.74 Å². The molecule has 3 atom stereocenters. The van der Waals surface area contributed by atoms with Crippen molar-refractivity contribution in [3.63, 3.8) is 0 Å². The van der Waals surface area contributed by atoms with Gasteiger partial charge in [-0.15, -0.1) is 0 Å². The van der Waals surface area contributed by atoms with Crippen LogP contribution in [0.3, 0.4) is 0 Å². The Hall–Kier alpha value is -0.990. The summed E-state index contributed by atoms with van der Waals surface area (Å²) >= 11 is 0. The highest BCUT2D eigenvalue weighted by Gasteiger charge is 2.34. The zero-order valence-electron chi connectivity index (χ0n) is 13.4. The molecule has 2 aromatic heterocycles. The van der Waals surface area contributed by atoms with E-state index in [-0.39, 0.29) is 17.9 Å². The molecule has 0 bridgehead atoms. The molecule has 3 heterocycles. The summed E-state index contributed by atoms with van der Waals surface area (Å²) in [5.74, 6) is 2.68. The summed E-state index contributed by atoms with van der Waals surface area (Å²) in [6, 6.07) is 0. The molecule has 1 saturated heterocycles. The Bertz CT molecular complexity index is 702. The van der Waals surface area contributed by atoms with Gasteiger partial charge in [0.25, 0.3) is 5.56 Å². The molecule has 0 amide bonds. The van der Waals surface area contributed by atoms with Crippen molar-refractivity contribution in [2.75, 3.05) is 11.5 Å². The molecule has 126 valence electrons. The lowest BCUT2D eigenvalue weighted by Gasteiger charge is -2.15. The maximum atomic E-state index is 11.7. The summed E-state index contributed by atoms with van der Waals surface area (Å²) in [5.41, 5.74) is 0.757.